The Morgan fingerprint density at radius 3 is 2.30 bits per heavy atom. The third-order valence-corrected chi connectivity index (χ3v) is 3.44. The second-order valence-corrected chi connectivity index (χ2v) is 5.36. The molecular weight excluding hydrogens is 251 g/mol. The number of nitrogens with one attached hydrogen (secondary N) is 1. The molecule has 2 rings (SSSR count). The number of nitrogens with two attached hydrogens (primary N) is 1. The molecule has 3 N–H and O–H groups in total. The highest BCUT2D eigenvalue weighted by atomic mass is 19.1. The second-order valence-electron chi connectivity index (χ2n) is 5.36. The molecule has 1 unspecified atom stereocenters. The van der Waals surface area contributed by atoms with E-state index < -0.39 is 0 Å². The largest absolute Gasteiger partial charge is 0.398 e. The summed E-state index contributed by atoms with van der Waals surface area (Å²) in [5.41, 5.74) is 9.04. The van der Waals surface area contributed by atoms with Crippen molar-refractivity contribution in [3.63, 3.8) is 0 Å². The number of benzene rings is 2. The molecule has 0 aliphatic rings. The first-order valence-electron chi connectivity index (χ1n) is 6.90. The maximum absolute atomic E-state index is 12.9. The van der Waals surface area contributed by atoms with E-state index in [0.29, 0.717) is 12.5 Å². The fraction of sp³-hybridized carbons (Fsp3) is 0.294. The van der Waals surface area contributed by atoms with Gasteiger partial charge < -0.3 is 11.1 Å². The molecule has 0 spiro atoms. The summed E-state index contributed by atoms with van der Waals surface area (Å²) < 4.78 is 12.9. The highest BCUT2D eigenvalue weighted by Crippen LogP contribution is 2.26. The minimum atomic E-state index is -0.207. The lowest BCUT2D eigenvalue weighted by molar-refractivity contribution is 0.411. The van der Waals surface area contributed by atoms with Gasteiger partial charge in [0.2, 0.25) is 0 Å². The maximum atomic E-state index is 12.9. The first-order valence-corrected chi connectivity index (χ1v) is 6.90. The minimum absolute atomic E-state index is 0.182. The number of hydrogen-bond acceptors (Lipinski definition) is 2. The quantitative estimate of drug-likeness (QED) is 0.810. The van der Waals surface area contributed by atoms with Crippen molar-refractivity contribution in [1.82, 2.24) is 5.32 Å². The van der Waals surface area contributed by atoms with E-state index in [2.05, 4.69) is 25.2 Å². The molecule has 0 saturated heterocycles. The van der Waals surface area contributed by atoms with E-state index in [9.17, 15) is 4.39 Å². The van der Waals surface area contributed by atoms with Crippen LogP contribution in [0.15, 0.2) is 48.5 Å². The fourth-order valence-electron chi connectivity index (χ4n) is 2.33. The molecule has 0 fully saturated rings. The number of rotatable bonds is 5. The fourth-order valence-corrected chi connectivity index (χ4v) is 2.33. The normalized spacial score (nSPS) is 12.6. The third-order valence-electron chi connectivity index (χ3n) is 3.44. The van der Waals surface area contributed by atoms with Gasteiger partial charge in [-0.05, 0) is 35.2 Å². The number of nitrogen functional groups attached to an aromatic ring is 1. The van der Waals surface area contributed by atoms with E-state index in [-0.39, 0.29) is 11.9 Å². The van der Waals surface area contributed by atoms with Crippen LogP contribution in [-0.2, 0) is 6.54 Å². The molecule has 106 valence electrons. The van der Waals surface area contributed by atoms with Gasteiger partial charge in [0.15, 0.2) is 0 Å². The van der Waals surface area contributed by atoms with Gasteiger partial charge in [-0.1, -0.05) is 44.2 Å². The molecule has 0 saturated carbocycles. The standard InChI is InChI=1S/C17H21FN2/c1-12(2)17(15-5-3-4-6-16(15)19)20-11-13-7-9-14(18)10-8-13/h3-10,12,17,20H,11,19H2,1-2H3. The third kappa shape index (κ3) is 3.58. The van der Waals surface area contributed by atoms with Crippen molar-refractivity contribution in [3.05, 3.63) is 65.5 Å². The van der Waals surface area contributed by atoms with Gasteiger partial charge in [-0.15, -0.1) is 0 Å². The Labute approximate surface area is 119 Å². The molecule has 0 aliphatic heterocycles. The molecule has 0 aromatic heterocycles. The first kappa shape index (κ1) is 14.5. The summed E-state index contributed by atoms with van der Waals surface area (Å²) in [6.07, 6.45) is 0. The monoisotopic (exact) mass is 272 g/mol. The van der Waals surface area contributed by atoms with Crippen LogP contribution in [0.25, 0.3) is 0 Å². The Balaban J connectivity index is 2.11. The highest BCUT2D eigenvalue weighted by molar-refractivity contribution is 5.48. The SMILES string of the molecule is CC(C)C(NCc1ccc(F)cc1)c1ccccc1N. The molecule has 0 aliphatic carbocycles. The predicted molar refractivity (Wildman–Crippen MR) is 81.7 cm³/mol. The van der Waals surface area contributed by atoms with Gasteiger partial charge in [0, 0.05) is 18.3 Å². The van der Waals surface area contributed by atoms with Gasteiger partial charge in [-0.3, -0.25) is 0 Å². The summed E-state index contributed by atoms with van der Waals surface area (Å²) in [4.78, 5) is 0. The van der Waals surface area contributed by atoms with Gasteiger partial charge in [0.25, 0.3) is 0 Å². The lowest BCUT2D eigenvalue weighted by atomic mass is 9.94. The topological polar surface area (TPSA) is 38.0 Å². The minimum Gasteiger partial charge on any atom is -0.398 e. The second kappa shape index (κ2) is 6.53. The van der Waals surface area contributed by atoms with Crippen LogP contribution in [0, 0.1) is 11.7 Å². The molecule has 3 heteroatoms. The van der Waals surface area contributed by atoms with Crippen molar-refractivity contribution in [2.45, 2.75) is 26.4 Å². The summed E-state index contributed by atoms with van der Waals surface area (Å²) in [5, 5.41) is 3.51. The first-order chi connectivity index (χ1) is 9.58. The van der Waals surface area contributed by atoms with Crippen LogP contribution in [0.5, 0.6) is 0 Å². The zero-order chi connectivity index (χ0) is 14.5. The van der Waals surface area contributed by atoms with Crippen molar-refractivity contribution in [3.8, 4) is 0 Å². The molecule has 20 heavy (non-hydrogen) atoms. The van der Waals surface area contributed by atoms with Gasteiger partial charge in [0.1, 0.15) is 5.82 Å². The summed E-state index contributed by atoms with van der Waals surface area (Å²) in [6, 6.07) is 14.7. The van der Waals surface area contributed by atoms with Gasteiger partial charge >= 0.3 is 0 Å². The molecule has 0 bridgehead atoms. The molecule has 2 aromatic rings. The van der Waals surface area contributed by atoms with Crippen LogP contribution >= 0.6 is 0 Å². The molecule has 2 aromatic carbocycles. The molecule has 2 nitrogen and oxygen atoms in total. The van der Waals surface area contributed by atoms with E-state index in [1.807, 2.05) is 18.2 Å². The molecule has 1 atom stereocenters. The van der Waals surface area contributed by atoms with Crippen molar-refractivity contribution in [2.24, 2.45) is 5.92 Å². The lowest BCUT2D eigenvalue weighted by Gasteiger charge is -2.24. The predicted octanol–water partition coefficient (Wildman–Crippen LogP) is 3.89. The van der Waals surface area contributed by atoms with Crippen LogP contribution in [-0.4, -0.2) is 0 Å². The average molecular weight is 272 g/mol. The lowest BCUT2D eigenvalue weighted by Crippen LogP contribution is -2.26. The Bertz CT molecular complexity index is 549. The summed E-state index contributed by atoms with van der Waals surface area (Å²) in [6.45, 7) is 5.01. The molecule has 0 amide bonds. The van der Waals surface area contributed by atoms with Crippen LogP contribution in [0.1, 0.15) is 31.0 Å². The molecule has 0 radical (unpaired) electrons. The van der Waals surface area contributed by atoms with Crippen LogP contribution in [0.4, 0.5) is 10.1 Å². The van der Waals surface area contributed by atoms with E-state index in [4.69, 9.17) is 5.73 Å². The number of para-hydroxylation sites is 1. The Morgan fingerprint density at radius 2 is 1.70 bits per heavy atom. The van der Waals surface area contributed by atoms with E-state index in [1.165, 1.54) is 12.1 Å². The summed E-state index contributed by atoms with van der Waals surface area (Å²) in [7, 11) is 0. The zero-order valence-electron chi connectivity index (χ0n) is 11.9. The smallest absolute Gasteiger partial charge is 0.123 e. The van der Waals surface area contributed by atoms with E-state index >= 15 is 0 Å². The van der Waals surface area contributed by atoms with Crippen molar-refractivity contribution in [2.75, 3.05) is 5.73 Å². The summed E-state index contributed by atoms with van der Waals surface area (Å²) in [5.74, 6) is 0.210. The Kier molecular flexibility index (Phi) is 4.74. The van der Waals surface area contributed by atoms with Crippen LogP contribution < -0.4 is 11.1 Å². The molecular formula is C17H21FN2. The van der Waals surface area contributed by atoms with Crippen LogP contribution in [0.2, 0.25) is 0 Å². The maximum Gasteiger partial charge on any atom is 0.123 e. The zero-order valence-corrected chi connectivity index (χ0v) is 11.9. The average Bonchev–Trinajstić information content (AvgIpc) is 2.42. The number of hydrogen-bond donors (Lipinski definition) is 2. The van der Waals surface area contributed by atoms with E-state index in [0.717, 1.165) is 16.8 Å². The van der Waals surface area contributed by atoms with Crippen molar-refractivity contribution in [1.29, 1.82) is 0 Å². The van der Waals surface area contributed by atoms with Crippen molar-refractivity contribution < 1.29 is 4.39 Å². The molecule has 0 heterocycles. The summed E-state index contributed by atoms with van der Waals surface area (Å²) >= 11 is 0. The van der Waals surface area contributed by atoms with Gasteiger partial charge in [0.05, 0.1) is 0 Å². The van der Waals surface area contributed by atoms with E-state index in [1.54, 1.807) is 12.1 Å². The Hall–Kier alpha value is -1.87. The van der Waals surface area contributed by atoms with Gasteiger partial charge in [-0.2, -0.15) is 0 Å². The highest BCUT2D eigenvalue weighted by Gasteiger charge is 2.17. The van der Waals surface area contributed by atoms with Crippen LogP contribution in [0.3, 0.4) is 0 Å². The Morgan fingerprint density at radius 1 is 1.05 bits per heavy atom. The number of anilines is 1. The van der Waals surface area contributed by atoms with Crippen molar-refractivity contribution >= 4 is 5.69 Å². The number of halogens is 1. The van der Waals surface area contributed by atoms with Gasteiger partial charge in [-0.25, -0.2) is 4.39 Å².